The first kappa shape index (κ1) is 20.6. The van der Waals surface area contributed by atoms with Gasteiger partial charge in [-0.25, -0.2) is 0 Å². The van der Waals surface area contributed by atoms with Crippen LogP contribution in [0.25, 0.3) is 0 Å². The van der Waals surface area contributed by atoms with Crippen molar-refractivity contribution >= 4 is 11.8 Å². The molecule has 1 atom stereocenters. The van der Waals surface area contributed by atoms with Gasteiger partial charge < -0.3 is 15.2 Å². The molecule has 6 nitrogen and oxygen atoms in total. The number of benzene rings is 1. The predicted octanol–water partition coefficient (Wildman–Crippen LogP) is 1.87. The van der Waals surface area contributed by atoms with Gasteiger partial charge in [0, 0.05) is 24.7 Å². The van der Waals surface area contributed by atoms with Gasteiger partial charge in [0.1, 0.15) is 12.6 Å². The van der Waals surface area contributed by atoms with E-state index in [1.54, 1.807) is 24.3 Å². The van der Waals surface area contributed by atoms with Gasteiger partial charge in [-0.05, 0) is 24.5 Å². The number of nitrogens with one attached hydrogen (secondary N) is 2. The summed E-state index contributed by atoms with van der Waals surface area (Å²) in [6.45, 7) is -0.620. The van der Waals surface area contributed by atoms with E-state index in [1.807, 2.05) is 6.07 Å². The quantitative estimate of drug-likeness (QED) is 0.736. The van der Waals surface area contributed by atoms with E-state index in [0.717, 1.165) is 24.5 Å². The van der Waals surface area contributed by atoms with Crippen molar-refractivity contribution in [3.8, 4) is 0 Å². The number of rotatable bonds is 7. The predicted molar refractivity (Wildman–Crippen MR) is 98.9 cm³/mol. The van der Waals surface area contributed by atoms with E-state index in [2.05, 4.69) is 10.6 Å². The normalized spacial score (nSPS) is 14.9. The molecule has 1 aromatic carbocycles. The maximum atomic E-state index is 12.9. The van der Waals surface area contributed by atoms with Crippen molar-refractivity contribution in [3.63, 3.8) is 0 Å². The third-order valence-corrected chi connectivity index (χ3v) is 4.48. The summed E-state index contributed by atoms with van der Waals surface area (Å²) >= 11 is 0. The fourth-order valence-corrected chi connectivity index (χ4v) is 2.81. The highest BCUT2D eigenvalue weighted by atomic mass is 19.4. The number of carbonyl (C=O) groups is 2. The van der Waals surface area contributed by atoms with Gasteiger partial charge in [-0.3, -0.25) is 14.4 Å². The smallest absolute Gasteiger partial charge is 0.352 e. The Balaban J connectivity index is 1.72. The SMILES string of the molecule is O=C(Cn1cc(C(F)(F)F)ccc1=O)NC(Cc1ccccc1)C(=O)NC1CC1. The summed E-state index contributed by atoms with van der Waals surface area (Å²) in [6, 6.07) is 9.65. The number of alkyl halides is 3. The average molecular weight is 407 g/mol. The molecule has 0 radical (unpaired) electrons. The van der Waals surface area contributed by atoms with Gasteiger partial charge in [0.15, 0.2) is 0 Å². The third-order valence-electron chi connectivity index (χ3n) is 4.48. The van der Waals surface area contributed by atoms with Gasteiger partial charge in [0.05, 0.1) is 5.56 Å². The lowest BCUT2D eigenvalue weighted by atomic mass is 10.1. The molecule has 1 fully saturated rings. The number of nitrogens with zero attached hydrogens (tertiary/aromatic N) is 1. The molecule has 29 heavy (non-hydrogen) atoms. The first-order chi connectivity index (χ1) is 13.7. The minimum Gasteiger partial charge on any atom is -0.352 e. The van der Waals surface area contributed by atoms with E-state index in [-0.39, 0.29) is 18.4 Å². The summed E-state index contributed by atoms with van der Waals surface area (Å²) in [5, 5.41) is 5.35. The van der Waals surface area contributed by atoms with E-state index in [9.17, 15) is 27.6 Å². The average Bonchev–Trinajstić information content (AvgIpc) is 3.47. The highest BCUT2D eigenvalue weighted by molar-refractivity contribution is 5.88. The van der Waals surface area contributed by atoms with Crippen LogP contribution in [-0.2, 0) is 28.7 Å². The van der Waals surface area contributed by atoms with Crippen LogP contribution in [0.15, 0.2) is 53.5 Å². The number of halogens is 3. The van der Waals surface area contributed by atoms with Crippen molar-refractivity contribution in [1.82, 2.24) is 15.2 Å². The van der Waals surface area contributed by atoms with Gasteiger partial charge in [0.25, 0.3) is 5.56 Å². The lowest BCUT2D eigenvalue weighted by Gasteiger charge is -2.19. The van der Waals surface area contributed by atoms with E-state index in [0.29, 0.717) is 16.8 Å². The molecule has 2 aromatic rings. The number of carbonyl (C=O) groups excluding carboxylic acids is 2. The molecule has 1 aliphatic rings. The molecule has 0 spiro atoms. The minimum atomic E-state index is -4.63. The van der Waals surface area contributed by atoms with Crippen LogP contribution in [0.5, 0.6) is 0 Å². The molecule has 1 heterocycles. The maximum Gasteiger partial charge on any atom is 0.417 e. The molecule has 0 bridgehead atoms. The zero-order chi connectivity index (χ0) is 21.0. The van der Waals surface area contributed by atoms with Crippen LogP contribution >= 0.6 is 0 Å². The number of hydrogen-bond acceptors (Lipinski definition) is 3. The van der Waals surface area contributed by atoms with E-state index < -0.39 is 35.8 Å². The van der Waals surface area contributed by atoms with Crippen LogP contribution in [0.2, 0.25) is 0 Å². The standard InChI is InChI=1S/C20H20F3N3O3/c21-20(22,23)14-6-9-18(28)26(11-14)12-17(27)25-16(19(29)24-15-7-8-15)10-13-4-2-1-3-5-13/h1-6,9,11,15-16H,7-8,10,12H2,(H,24,29)(H,25,27). The monoisotopic (exact) mass is 407 g/mol. The Labute approximate surface area is 164 Å². The second-order valence-corrected chi connectivity index (χ2v) is 6.97. The van der Waals surface area contributed by atoms with Crippen LogP contribution in [-0.4, -0.2) is 28.5 Å². The Bertz CT molecular complexity index is 937. The molecule has 1 unspecified atom stereocenters. The van der Waals surface area contributed by atoms with Crippen molar-refractivity contribution in [2.45, 2.75) is 44.1 Å². The molecular weight excluding hydrogens is 387 g/mol. The topological polar surface area (TPSA) is 80.2 Å². The summed E-state index contributed by atoms with van der Waals surface area (Å²) in [4.78, 5) is 36.7. The van der Waals surface area contributed by atoms with Gasteiger partial charge in [-0.15, -0.1) is 0 Å². The molecule has 0 saturated heterocycles. The largest absolute Gasteiger partial charge is 0.417 e. The molecular formula is C20H20F3N3O3. The maximum absolute atomic E-state index is 12.9. The third kappa shape index (κ3) is 5.94. The van der Waals surface area contributed by atoms with Crippen molar-refractivity contribution in [3.05, 3.63) is 70.1 Å². The molecule has 1 aliphatic carbocycles. The van der Waals surface area contributed by atoms with E-state index >= 15 is 0 Å². The Morgan fingerprint density at radius 1 is 1.10 bits per heavy atom. The molecule has 1 aromatic heterocycles. The zero-order valence-corrected chi connectivity index (χ0v) is 15.4. The van der Waals surface area contributed by atoms with Crippen molar-refractivity contribution in [2.24, 2.45) is 0 Å². The van der Waals surface area contributed by atoms with Crippen molar-refractivity contribution in [1.29, 1.82) is 0 Å². The Morgan fingerprint density at radius 3 is 2.41 bits per heavy atom. The van der Waals surface area contributed by atoms with Crippen LogP contribution in [0, 0.1) is 0 Å². The molecule has 2 N–H and O–H groups in total. The minimum absolute atomic E-state index is 0.0868. The van der Waals surface area contributed by atoms with Gasteiger partial charge >= 0.3 is 6.18 Å². The number of hydrogen-bond donors (Lipinski definition) is 2. The number of pyridine rings is 1. The summed E-state index contributed by atoms with van der Waals surface area (Å²) < 4.78 is 39.2. The Kier molecular flexibility index (Phi) is 6.05. The highest BCUT2D eigenvalue weighted by Gasteiger charge is 2.32. The second kappa shape index (κ2) is 8.50. The van der Waals surface area contributed by atoms with Crippen LogP contribution in [0.4, 0.5) is 13.2 Å². The van der Waals surface area contributed by atoms with Crippen LogP contribution in [0.1, 0.15) is 24.0 Å². The molecule has 3 rings (SSSR count). The molecule has 0 aliphatic heterocycles. The molecule has 1 saturated carbocycles. The highest BCUT2D eigenvalue weighted by Crippen LogP contribution is 2.28. The summed E-state index contributed by atoms with van der Waals surface area (Å²) in [5.74, 6) is -1.08. The lowest BCUT2D eigenvalue weighted by molar-refractivity contribution is -0.138. The summed E-state index contributed by atoms with van der Waals surface area (Å²) in [5.41, 5.74) is -0.951. The molecule has 9 heteroatoms. The van der Waals surface area contributed by atoms with Crippen molar-refractivity contribution in [2.75, 3.05) is 0 Å². The molecule has 154 valence electrons. The van der Waals surface area contributed by atoms with E-state index in [4.69, 9.17) is 0 Å². The molecule has 2 amide bonds. The Morgan fingerprint density at radius 2 is 1.79 bits per heavy atom. The zero-order valence-electron chi connectivity index (χ0n) is 15.4. The number of aromatic nitrogens is 1. The Hall–Kier alpha value is -3.10. The summed E-state index contributed by atoms with van der Waals surface area (Å²) in [7, 11) is 0. The number of amides is 2. The second-order valence-electron chi connectivity index (χ2n) is 6.97. The summed E-state index contributed by atoms with van der Waals surface area (Å²) in [6.07, 6.45) is -2.07. The van der Waals surface area contributed by atoms with Gasteiger partial charge in [-0.2, -0.15) is 13.2 Å². The van der Waals surface area contributed by atoms with Gasteiger partial charge in [0.2, 0.25) is 11.8 Å². The fraction of sp³-hybridized carbons (Fsp3) is 0.350. The van der Waals surface area contributed by atoms with Gasteiger partial charge in [-0.1, -0.05) is 30.3 Å². The van der Waals surface area contributed by atoms with Crippen LogP contribution < -0.4 is 16.2 Å². The first-order valence-corrected chi connectivity index (χ1v) is 9.14. The fourth-order valence-electron chi connectivity index (χ4n) is 2.81. The van der Waals surface area contributed by atoms with E-state index in [1.165, 1.54) is 0 Å². The first-order valence-electron chi connectivity index (χ1n) is 9.14. The van der Waals surface area contributed by atoms with Crippen LogP contribution in [0.3, 0.4) is 0 Å². The van der Waals surface area contributed by atoms with Crippen molar-refractivity contribution < 1.29 is 22.8 Å². The lowest BCUT2D eigenvalue weighted by Crippen LogP contribution is -2.49.